The van der Waals surface area contributed by atoms with Crippen molar-refractivity contribution in [2.24, 2.45) is 0 Å². The molecule has 10 nitrogen and oxygen atoms in total. The zero-order valence-electron chi connectivity index (χ0n) is 14.6. The van der Waals surface area contributed by atoms with Crippen molar-refractivity contribution in [3.8, 4) is 17.2 Å². The van der Waals surface area contributed by atoms with Crippen LogP contribution in [0.3, 0.4) is 0 Å². The second-order valence-corrected chi connectivity index (χ2v) is 5.20. The maximum Gasteiger partial charge on any atom is 0.387 e. The van der Waals surface area contributed by atoms with Gasteiger partial charge in [-0.2, -0.15) is 8.78 Å². The van der Waals surface area contributed by atoms with E-state index in [1.807, 2.05) is 0 Å². The first-order chi connectivity index (χ1) is 13.7. The standard InChI is InChI=1S/C17H12F2N2O8/c1-27-14-8-10(13(21(25)26)9-15(14)29-17(18)19)2-7-16(22)28-12-5-3-11(4-6-12)20(23)24/h2-9,17H,1H3/b7-2+. The molecule has 0 aliphatic carbocycles. The number of methoxy groups -OCH3 is 1. The number of carbonyl (C=O) groups excluding carboxylic acids is 1. The molecule has 2 aromatic carbocycles. The van der Waals surface area contributed by atoms with Gasteiger partial charge in [-0.1, -0.05) is 0 Å². The monoisotopic (exact) mass is 410 g/mol. The molecule has 0 aromatic heterocycles. The Morgan fingerprint density at radius 1 is 1.07 bits per heavy atom. The summed E-state index contributed by atoms with van der Waals surface area (Å²) in [6.45, 7) is -3.22. The number of nitro groups is 2. The van der Waals surface area contributed by atoms with Crippen LogP contribution in [-0.2, 0) is 4.79 Å². The fraction of sp³-hybridized carbons (Fsp3) is 0.118. The molecule has 0 bridgehead atoms. The summed E-state index contributed by atoms with van der Waals surface area (Å²) in [4.78, 5) is 32.2. The predicted octanol–water partition coefficient (Wildman–Crippen LogP) is 3.73. The molecule has 0 N–H and O–H groups in total. The lowest BCUT2D eigenvalue weighted by Gasteiger charge is -2.10. The highest BCUT2D eigenvalue weighted by Crippen LogP contribution is 2.36. The Morgan fingerprint density at radius 2 is 1.72 bits per heavy atom. The van der Waals surface area contributed by atoms with Gasteiger partial charge in [0.05, 0.1) is 28.6 Å². The van der Waals surface area contributed by atoms with Crippen LogP contribution in [0.25, 0.3) is 6.08 Å². The van der Waals surface area contributed by atoms with Crippen molar-refractivity contribution >= 4 is 23.4 Å². The third-order valence-electron chi connectivity index (χ3n) is 3.39. The smallest absolute Gasteiger partial charge is 0.387 e. The molecule has 0 atom stereocenters. The zero-order valence-corrected chi connectivity index (χ0v) is 14.6. The number of alkyl halides is 2. The summed E-state index contributed by atoms with van der Waals surface area (Å²) >= 11 is 0. The van der Waals surface area contributed by atoms with Crippen LogP contribution >= 0.6 is 0 Å². The van der Waals surface area contributed by atoms with Crippen LogP contribution < -0.4 is 14.2 Å². The summed E-state index contributed by atoms with van der Waals surface area (Å²) in [7, 11) is 1.15. The van der Waals surface area contributed by atoms with Crippen LogP contribution in [-0.4, -0.2) is 29.5 Å². The van der Waals surface area contributed by atoms with E-state index >= 15 is 0 Å². The highest BCUT2D eigenvalue weighted by atomic mass is 19.3. The van der Waals surface area contributed by atoms with Crippen LogP contribution in [0.2, 0.25) is 0 Å². The summed E-state index contributed by atoms with van der Waals surface area (Å²) in [5.41, 5.74) is -0.941. The minimum Gasteiger partial charge on any atom is -0.493 e. The molecule has 0 aliphatic rings. The van der Waals surface area contributed by atoms with Gasteiger partial charge in [0, 0.05) is 18.2 Å². The topological polar surface area (TPSA) is 131 Å². The van der Waals surface area contributed by atoms with Crippen LogP contribution in [0.5, 0.6) is 17.2 Å². The molecular formula is C17H12F2N2O8. The lowest BCUT2D eigenvalue weighted by Crippen LogP contribution is -2.05. The van der Waals surface area contributed by atoms with Gasteiger partial charge in [0.1, 0.15) is 5.75 Å². The average Bonchev–Trinajstić information content (AvgIpc) is 2.66. The minimum absolute atomic E-state index is 0.0120. The van der Waals surface area contributed by atoms with Gasteiger partial charge in [-0.15, -0.1) is 0 Å². The third-order valence-corrected chi connectivity index (χ3v) is 3.39. The van der Waals surface area contributed by atoms with Gasteiger partial charge in [0.25, 0.3) is 11.4 Å². The van der Waals surface area contributed by atoms with E-state index in [4.69, 9.17) is 9.47 Å². The number of ether oxygens (including phenoxy) is 3. The SMILES string of the molecule is COc1cc(/C=C/C(=O)Oc2ccc([N+](=O)[O-])cc2)c([N+](=O)[O-])cc1OC(F)F. The van der Waals surface area contributed by atoms with Crippen molar-refractivity contribution in [1.29, 1.82) is 0 Å². The van der Waals surface area contributed by atoms with E-state index in [2.05, 4.69) is 4.74 Å². The van der Waals surface area contributed by atoms with Crippen LogP contribution in [0.1, 0.15) is 5.56 Å². The number of halogens is 2. The lowest BCUT2D eigenvalue weighted by atomic mass is 10.1. The highest BCUT2D eigenvalue weighted by Gasteiger charge is 2.20. The maximum absolute atomic E-state index is 12.4. The van der Waals surface area contributed by atoms with Gasteiger partial charge in [-0.25, -0.2) is 4.79 Å². The number of nitro benzene ring substituents is 2. The van der Waals surface area contributed by atoms with E-state index < -0.39 is 33.9 Å². The minimum atomic E-state index is -3.22. The van der Waals surface area contributed by atoms with Gasteiger partial charge in [-0.05, 0) is 24.3 Å². The van der Waals surface area contributed by atoms with Crippen molar-refractivity contribution in [1.82, 2.24) is 0 Å². The van der Waals surface area contributed by atoms with Gasteiger partial charge in [-0.3, -0.25) is 20.2 Å². The number of hydrogen-bond donors (Lipinski definition) is 0. The van der Waals surface area contributed by atoms with Crippen LogP contribution in [0.4, 0.5) is 20.2 Å². The third kappa shape index (κ3) is 5.69. The average molecular weight is 410 g/mol. The first kappa shape index (κ1) is 21.2. The molecule has 0 saturated heterocycles. The molecular weight excluding hydrogens is 398 g/mol. The molecule has 0 spiro atoms. The van der Waals surface area contributed by atoms with E-state index in [9.17, 15) is 33.8 Å². The van der Waals surface area contributed by atoms with Crippen LogP contribution in [0.15, 0.2) is 42.5 Å². The Kier molecular flexibility index (Phi) is 6.74. The van der Waals surface area contributed by atoms with Gasteiger partial charge in [0.2, 0.25) is 0 Å². The fourth-order valence-corrected chi connectivity index (χ4v) is 2.15. The normalized spacial score (nSPS) is 10.8. The van der Waals surface area contributed by atoms with E-state index in [-0.39, 0.29) is 22.7 Å². The molecule has 0 saturated carbocycles. The summed E-state index contributed by atoms with van der Waals surface area (Å²) < 4.78 is 38.9. The van der Waals surface area contributed by atoms with E-state index in [0.29, 0.717) is 0 Å². The van der Waals surface area contributed by atoms with Crippen molar-refractivity contribution in [3.05, 3.63) is 68.3 Å². The first-order valence-corrected chi connectivity index (χ1v) is 7.67. The Labute approximate surface area is 161 Å². The molecule has 2 rings (SSSR count). The number of esters is 1. The lowest BCUT2D eigenvalue weighted by molar-refractivity contribution is -0.385. The van der Waals surface area contributed by atoms with Crippen molar-refractivity contribution < 1.29 is 37.6 Å². The second kappa shape index (κ2) is 9.21. The summed E-state index contributed by atoms with van der Waals surface area (Å²) in [6.07, 6.45) is 1.89. The molecule has 2 aromatic rings. The first-order valence-electron chi connectivity index (χ1n) is 7.67. The summed E-state index contributed by atoms with van der Waals surface area (Å²) in [6, 6.07) is 6.45. The van der Waals surface area contributed by atoms with E-state index in [1.54, 1.807) is 0 Å². The van der Waals surface area contributed by atoms with Crippen molar-refractivity contribution in [2.45, 2.75) is 6.61 Å². The number of nitrogens with zero attached hydrogens (tertiary/aromatic N) is 2. The van der Waals surface area contributed by atoms with Crippen molar-refractivity contribution in [3.63, 3.8) is 0 Å². The van der Waals surface area contributed by atoms with Crippen LogP contribution in [0, 0.1) is 20.2 Å². The van der Waals surface area contributed by atoms with Gasteiger partial charge >= 0.3 is 12.6 Å². The number of non-ortho nitro benzene ring substituents is 1. The Hall–Kier alpha value is -4.09. The Bertz CT molecular complexity index is 961. The van der Waals surface area contributed by atoms with Gasteiger partial charge in [0.15, 0.2) is 11.5 Å². The largest absolute Gasteiger partial charge is 0.493 e. The quantitative estimate of drug-likeness (QED) is 0.211. The Balaban J connectivity index is 2.24. The van der Waals surface area contributed by atoms with Crippen molar-refractivity contribution in [2.75, 3.05) is 7.11 Å². The number of benzene rings is 2. The predicted molar refractivity (Wildman–Crippen MR) is 94.0 cm³/mol. The number of hydrogen-bond acceptors (Lipinski definition) is 8. The van der Waals surface area contributed by atoms with E-state index in [1.165, 1.54) is 12.1 Å². The van der Waals surface area contributed by atoms with E-state index in [0.717, 1.165) is 43.5 Å². The summed E-state index contributed by atoms with van der Waals surface area (Å²) in [5.74, 6) is -1.67. The molecule has 0 radical (unpaired) electrons. The number of rotatable bonds is 8. The molecule has 29 heavy (non-hydrogen) atoms. The Morgan fingerprint density at radius 3 is 2.24 bits per heavy atom. The summed E-state index contributed by atoms with van der Waals surface area (Å²) in [5, 5.41) is 21.8. The maximum atomic E-state index is 12.4. The molecule has 152 valence electrons. The number of carbonyl (C=O) groups is 1. The molecule has 0 aliphatic heterocycles. The second-order valence-electron chi connectivity index (χ2n) is 5.20. The molecule has 0 fully saturated rings. The fourth-order valence-electron chi connectivity index (χ4n) is 2.15. The molecule has 0 heterocycles. The highest BCUT2D eigenvalue weighted by molar-refractivity contribution is 5.89. The molecule has 12 heteroatoms. The zero-order chi connectivity index (χ0) is 21.6. The van der Waals surface area contributed by atoms with Gasteiger partial charge < -0.3 is 14.2 Å². The molecule has 0 unspecified atom stereocenters. The molecule has 0 amide bonds.